The van der Waals surface area contributed by atoms with Crippen LogP contribution in [0, 0.1) is 0 Å². The molecule has 0 bridgehead atoms. The van der Waals surface area contributed by atoms with Crippen molar-refractivity contribution in [2.45, 2.75) is 25.3 Å². The van der Waals surface area contributed by atoms with Gasteiger partial charge in [0.25, 0.3) is 0 Å². The number of hydrogen-bond acceptors (Lipinski definition) is 3. The van der Waals surface area contributed by atoms with Crippen molar-refractivity contribution in [1.29, 1.82) is 0 Å². The van der Waals surface area contributed by atoms with Crippen LogP contribution in [-0.2, 0) is 11.2 Å². The summed E-state index contributed by atoms with van der Waals surface area (Å²) in [5.41, 5.74) is 2.03. The number of carbonyl (C=O) groups is 1. The third-order valence-corrected chi connectivity index (χ3v) is 4.03. The lowest BCUT2D eigenvalue weighted by Gasteiger charge is -2.20. The van der Waals surface area contributed by atoms with E-state index in [9.17, 15) is 9.90 Å². The number of amides is 1. The normalized spacial score (nSPS) is 17.4. The summed E-state index contributed by atoms with van der Waals surface area (Å²) in [5, 5.41) is 12.3. The molecule has 1 amide bonds. The van der Waals surface area contributed by atoms with Crippen molar-refractivity contribution >= 4 is 5.91 Å². The van der Waals surface area contributed by atoms with Gasteiger partial charge in [-0.15, -0.1) is 0 Å². The molecule has 1 heterocycles. The van der Waals surface area contributed by atoms with E-state index in [-0.39, 0.29) is 23.6 Å². The third-order valence-electron chi connectivity index (χ3n) is 4.03. The van der Waals surface area contributed by atoms with Crippen LogP contribution < -0.4 is 10.1 Å². The number of hydrogen-bond donors (Lipinski definition) is 2. The van der Waals surface area contributed by atoms with Crippen LogP contribution in [-0.4, -0.2) is 23.7 Å². The van der Waals surface area contributed by atoms with Crippen molar-refractivity contribution in [3.63, 3.8) is 0 Å². The number of ether oxygens (including phenoxy) is 1. The van der Waals surface area contributed by atoms with Gasteiger partial charge in [0.2, 0.25) is 5.91 Å². The van der Waals surface area contributed by atoms with E-state index in [2.05, 4.69) is 11.4 Å². The summed E-state index contributed by atoms with van der Waals surface area (Å²) in [4.78, 5) is 12.2. The first-order valence-electron chi connectivity index (χ1n) is 7.42. The average molecular weight is 297 g/mol. The van der Waals surface area contributed by atoms with Crippen LogP contribution >= 0.6 is 0 Å². The Morgan fingerprint density at radius 3 is 2.77 bits per heavy atom. The number of rotatable bonds is 4. The molecule has 4 nitrogen and oxygen atoms in total. The smallest absolute Gasteiger partial charge is 0.224 e. The van der Waals surface area contributed by atoms with Crippen LogP contribution in [0.25, 0.3) is 0 Å². The molecule has 0 radical (unpaired) electrons. The van der Waals surface area contributed by atoms with Gasteiger partial charge in [-0.2, -0.15) is 0 Å². The molecule has 1 aliphatic rings. The monoisotopic (exact) mass is 297 g/mol. The lowest BCUT2D eigenvalue weighted by atomic mass is 9.94. The van der Waals surface area contributed by atoms with Crippen molar-refractivity contribution in [3.05, 3.63) is 59.7 Å². The van der Waals surface area contributed by atoms with Crippen LogP contribution in [0.2, 0.25) is 0 Å². The van der Waals surface area contributed by atoms with Crippen molar-refractivity contribution in [3.8, 4) is 11.5 Å². The fourth-order valence-corrected chi connectivity index (χ4v) is 2.81. The van der Waals surface area contributed by atoms with Gasteiger partial charge in [0.15, 0.2) is 0 Å². The quantitative estimate of drug-likeness (QED) is 0.912. The number of aromatic hydroxyl groups is 1. The molecule has 3 rings (SSSR count). The van der Waals surface area contributed by atoms with Crippen molar-refractivity contribution in [1.82, 2.24) is 5.32 Å². The molecular formula is C18H19NO3. The van der Waals surface area contributed by atoms with Crippen LogP contribution in [0.3, 0.4) is 0 Å². The molecule has 1 aliphatic heterocycles. The van der Waals surface area contributed by atoms with Gasteiger partial charge in [-0.05, 0) is 30.7 Å². The molecule has 0 fully saturated rings. The Balaban J connectivity index is 1.61. The molecule has 0 saturated heterocycles. The van der Waals surface area contributed by atoms with Gasteiger partial charge < -0.3 is 15.2 Å². The maximum atomic E-state index is 12.2. The van der Waals surface area contributed by atoms with E-state index in [1.807, 2.05) is 25.1 Å². The minimum atomic E-state index is -0.0254. The van der Waals surface area contributed by atoms with Crippen molar-refractivity contribution < 1.29 is 14.6 Å². The molecule has 0 aliphatic carbocycles. The molecule has 2 aromatic rings. The zero-order valence-corrected chi connectivity index (χ0v) is 12.5. The van der Waals surface area contributed by atoms with E-state index >= 15 is 0 Å². The van der Waals surface area contributed by atoms with Gasteiger partial charge in [-0.3, -0.25) is 4.79 Å². The molecule has 0 spiro atoms. The number of phenolic OH excluding ortho intramolecular Hbond substituents is 1. The van der Waals surface area contributed by atoms with Gasteiger partial charge >= 0.3 is 0 Å². The predicted molar refractivity (Wildman–Crippen MR) is 84.1 cm³/mol. The highest BCUT2D eigenvalue weighted by atomic mass is 16.5. The van der Waals surface area contributed by atoms with Gasteiger partial charge in [0.1, 0.15) is 11.5 Å². The maximum absolute atomic E-state index is 12.2. The SMILES string of the molecule is C[C@H](NC(=O)Cc1ccc(O)cc1)[C@@H]1COc2ccccc21. The Bertz CT molecular complexity index is 666. The Morgan fingerprint density at radius 1 is 1.27 bits per heavy atom. The van der Waals surface area contributed by atoms with Crippen molar-refractivity contribution in [2.75, 3.05) is 6.61 Å². The van der Waals surface area contributed by atoms with E-state index in [1.54, 1.807) is 24.3 Å². The first-order valence-corrected chi connectivity index (χ1v) is 7.42. The molecular weight excluding hydrogens is 278 g/mol. The molecule has 0 saturated carbocycles. The topological polar surface area (TPSA) is 58.6 Å². The third kappa shape index (κ3) is 3.06. The van der Waals surface area contributed by atoms with Crippen LogP contribution in [0.15, 0.2) is 48.5 Å². The van der Waals surface area contributed by atoms with E-state index in [1.165, 1.54) is 0 Å². The second-order valence-corrected chi connectivity index (χ2v) is 5.65. The lowest BCUT2D eigenvalue weighted by molar-refractivity contribution is -0.121. The molecule has 2 N–H and O–H groups in total. The fourth-order valence-electron chi connectivity index (χ4n) is 2.81. The van der Waals surface area contributed by atoms with E-state index in [0.29, 0.717) is 13.0 Å². The van der Waals surface area contributed by atoms with E-state index in [0.717, 1.165) is 16.9 Å². The number of nitrogens with one attached hydrogen (secondary N) is 1. The van der Waals surface area contributed by atoms with Crippen LogP contribution in [0.4, 0.5) is 0 Å². The molecule has 4 heteroatoms. The van der Waals surface area contributed by atoms with Crippen LogP contribution in [0.5, 0.6) is 11.5 Å². The summed E-state index contributed by atoms with van der Waals surface area (Å²) in [6.07, 6.45) is 0.305. The fraction of sp³-hybridized carbons (Fsp3) is 0.278. The Morgan fingerprint density at radius 2 is 2.00 bits per heavy atom. The number of para-hydroxylation sites is 1. The second-order valence-electron chi connectivity index (χ2n) is 5.65. The number of benzene rings is 2. The summed E-state index contributed by atoms with van der Waals surface area (Å²) < 4.78 is 5.67. The van der Waals surface area contributed by atoms with Crippen molar-refractivity contribution in [2.24, 2.45) is 0 Å². The second kappa shape index (κ2) is 6.10. The minimum absolute atomic E-state index is 0.00765. The predicted octanol–water partition coefficient (Wildman–Crippen LogP) is 2.62. The number of phenols is 1. The number of fused-ring (bicyclic) bond motifs is 1. The Kier molecular flexibility index (Phi) is 4.00. The highest BCUT2D eigenvalue weighted by Crippen LogP contribution is 2.35. The van der Waals surface area contributed by atoms with E-state index in [4.69, 9.17) is 4.74 Å². The van der Waals surface area contributed by atoms with Crippen LogP contribution in [0.1, 0.15) is 24.0 Å². The summed E-state index contributed by atoms with van der Waals surface area (Å²) in [6, 6.07) is 14.7. The first-order chi connectivity index (χ1) is 10.6. The van der Waals surface area contributed by atoms with Gasteiger partial charge in [0, 0.05) is 17.5 Å². The summed E-state index contributed by atoms with van der Waals surface area (Å²) in [5.74, 6) is 1.27. The largest absolute Gasteiger partial charge is 0.508 e. The molecule has 114 valence electrons. The zero-order valence-electron chi connectivity index (χ0n) is 12.5. The van der Waals surface area contributed by atoms with Gasteiger partial charge in [0.05, 0.1) is 13.0 Å². The van der Waals surface area contributed by atoms with Gasteiger partial charge in [-0.25, -0.2) is 0 Å². The highest BCUT2D eigenvalue weighted by Gasteiger charge is 2.29. The summed E-state index contributed by atoms with van der Waals surface area (Å²) >= 11 is 0. The minimum Gasteiger partial charge on any atom is -0.508 e. The standard InChI is InChI=1S/C18H19NO3/c1-12(16-11-22-17-5-3-2-4-15(16)17)19-18(21)10-13-6-8-14(20)9-7-13/h2-9,12,16,20H,10-11H2,1H3,(H,19,21)/t12-,16-/m0/s1. The molecule has 0 aromatic heterocycles. The molecule has 2 atom stereocenters. The zero-order chi connectivity index (χ0) is 15.5. The average Bonchev–Trinajstić information content (AvgIpc) is 2.93. The summed E-state index contributed by atoms with van der Waals surface area (Å²) in [7, 11) is 0. The van der Waals surface area contributed by atoms with Gasteiger partial charge in [-0.1, -0.05) is 30.3 Å². The summed E-state index contributed by atoms with van der Waals surface area (Å²) in [6.45, 7) is 2.60. The Hall–Kier alpha value is -2.49. The molecule has 22 heavy (non-hydrogen) atoms. The molecule has 0 unspecified atom stereocenters. The highest BCUT2D eigenvalue weighted by molar-refractivity contribution is 5.79. The first kappa shape index (κ1) is 14.4. The Labute approximate surface area is 129 Å². The van der Waals surface area contributed by atoms with E-state index < -0.39 is 0 Å². The maximum Gasteiger partial charge on any atom is 0.224 e. The number of carbonyl (C=O) groups excluding carboxylic acids is 1. The molecule has 2 aromatic carbocycles. The lowest BCUT2D eigenvalue weighted by Crippen LogP contribution is -2.38.